The van der Waals surface area contributed by atoms with Crippen LogP contribution in [0.3, 0.4) is 0 Å². The Balaban J connectivity index is 2.74. The van der Waals surface area contributed by atoms with Crippen molar-refractivity contribution in [2.75, 3.05) is 19.0 Å². The zero-order chi connectivity index (χ0) is 22.4. The first-order valence-corrected chi connectivity index (χ1v) is 11.8. The van der Waals surface area contributed by atoms with Gasteiger partial charge in [0, 0.05) is 36.0 Å². The zero-order valence-corrected chi connectivity index (χ0v) is 18.9. The third-order valence-electron chi connectivity index (χ3n) is 4.64. The summed E-state index contributed by atoms with van der Waals surface area (Å²) in [5.74, 6) is -0.517. The van der Waals surface area contributed by atoms with Crippen LogP contribution < -0.4 is 0 Å². The number of unbranched alkanes of at least 4 members (excludes halogenated alkanes) is 2. The standard InChI is InChI=1S/C22H36O7S/c1-3-5-6-9-16(23)10-11-17-18(24)14-19(29-21(27)8-4-2)22(17)30-13-7-12-28-15-20(25)26/h10-11,16-18,23-24H,3-9,12-15H2,1-2H3,(H,25,26)/b11-10+/t16-,17-,18+/m0/s1. The Morgan fingerprint density at radius 2 is 2.00 bits per heavy atom. The van der Waals surface area contributed by atoms with Crippen LogP contribution in [0.2, 0.25) is 0 Å². The van der Waals surface area contributed by atoms with E-state index in [9.17, 15) is 19.8 Å². The van der Waals surface area contributed by atoms with E-state index in [-0.39, 0.29) is 24.9 Å². The van der Waals surface area contributed by atoms with Gasteiger partial charge in [0.2, 0.25) is 0 Å². The molecule has 0 heterocycles. The number of ether oxygens (including phenoxy) is 2. The molecular weight excluding hydrogens is 408 g/mol. The van der Waals surface area contributed by atoms with Gasteiger partial charge in [-0.05, 0) is 19.3 Å². The number of carboxylic acids is 1. The van der Waals surface area contributed by atoms with Crippen molar-refractivity contribution in [3.63, 3.8) is 0 Å². The summed E-state index contributed by atoms with van der Waals surface area (Å²) in [5.41, 5.74) is 0. The number of carbonyl (C=O) groups excluding carboxylic acids is 1. The van der Waals surface area contributed by atoms with Crippen molar-refractivity contribution in [2.45, 2.75) is 77.4 Å². The first kappa shape index (κ1) is 26.7. The molecule has 3 N–H and O–H groups in total. The number of esters is 1. The average Bonchev–Trinajstić information content (AvgIpc) is 2.97. The topological polar surface area (TPSA) is 113 Å². The molecule has 8 heteroatoms. The molecule has 0 aromatic heterocycles. The fourth-order valence-corrected chi connectivity index (χ4v) is 4.30. The van der Waals surface area contributed by atoms with E-state index in [1.165, 1.54) is 11.8 Å². The number of rotatable bonds is 16. The second-order valence-corrected chi connectivity index (χ2v) is 8.54. The zero-order valence-electron chi connectivity index (χ0n) is 18.0. The summed E-state index contributed by atoms with van der Waals surface area (Å²) >= 11 is 1.48. The molecule has 0 amide bonds. The van der Waals surface area contributed by atoms with Crippen LogP contribution in [0.5, 0.6) is 0 Å². The van der Waals surface area contributed by atoms with Crippen LogP contribution >= 0.6 is 11.8 Å². The monoisotopic (exact) mass is 444 g/mol. The van der Waals surface area contributed by atoms with Crippen LogP contribution in [-0.4, -0.2) is 58.4 Å². The van der Waals surface area contributed by atoms with E-state index in [4.69, 9.17) is 14.6 Å². The summed E-state index contributed by atoms with van der Waals surface area (Å²) < 4.78 is 10.6. The maximum atomic E-state index is 12.0. The molecule has 0 saturated heterocycles. The first-order valence-electron chi connectivity index (χ1n) is 10.8. The Morgan fingerprint density at radius 1 is 1.23 bits per heavy atom. The van der Waals surface area contributed by atoms with Gasteiger partial charge in [-0.25, -0.2) is 4.79 Å². The van der Waals surface area contributed by atoms with Gasteiger partial charge in [-0.15, -0.1) is 11.8 Å². The molecule has 30 heavy (non-hydrogen) atoms. The SMILES string of the molecule is CCCCC[C@H](O)/C=C/[C@@H]1C(SCCCOCC(=O)O)=C(OC(=O)CCC)C[C@H]1O. The smallest absolute Gasteiger partial charge is 0.329 e. The quantitative estimate of drug-likeness (QED) is 0.188. The molecular formula is C22H36O7S. The lowest BCUT2D eigenvalue weighted by atomic mass is 10.0. The highest BCUT2D eigenvalue weighted by Gasteiger charge is 2.34. The van der Waals surface area contributed by atoms with E-state index >= 15 is 0 Å². The molecule has 172 valence electrons. The normalized spacial score (nSPS) is 20.1. The minimum absolute atomic E-state index is 0.258. The Bertz CT molecular complexity index is 588. The van der Waals surface area contributed by atoms with E-state index in [1.54, 1.807) is 6.08 Å². The molecule has 1 aliphatic carbocycles. The average molecular weight is 445 g/mol. The van der Waals surface area contributed by atoms with E-state index in [0.29, 0.717) is 43.8 Å². The molecule has 1 rings (SSSR count). The first-order chi connectivity index (χ1) is 14.4. The van der Waals surface area contributed by atoms with Gasteiger partial charge in [0.05, 0.1) is 12.2 Å². The lowest BCUT2D eigenvalue weighted by molar-refractivity contribution is -0.142. The van der Waals surface area contributed by atoms with Crippen molar-refractivity contribution in [2.24, 2.45) is 5.92 Å². The van der Waals surface area contributed by atoms with Crippen LogP contribution in [0, 0.1) is 5.92 Å². The van der Waals surface area contributed by atoms with E-state index < -0.39 is 18.2 Å². The number of carbonyl (C=O) groups is 2. The molecule has 0 spiro atoms. The summed E-state index contributed by atoms with van der Waals surface area (Å²) in [6.07, 6.45) is 7.93. The fourth-order valence-electron chi connectivity index (χ4n) is 3.11. The molecule has 1 aliphatic rings. The van der Waals surface area contributed by atoms with Crippen LogP contribution in [-0.2, 0) is 19.1 Å². The second kappa shape index (κ2) is 15.5. The van der Waals surface area contributed by atoms with Crippen molar-refractivity contribution in [1.29, 1.82) is 0 Å². The highest BCUT2D eigenvalue weighted by Crippen LogP contribution is 2.41. The number of hydrogen-bond donors (Lipinski definition) is 3. The minimum atomic E-state index is -1.00. The van der Waals surface area contributed by atoms with E-state index in [1.807, 2.05) is 13.0 Å². The van der Waals surface area contributed by atoms with Gasteiger partial charge in [-0.3, -0.25) is 4.79 Å². The third kappa shape index (κ3) is 10.6. The number of thioether (sulfide) groups is 1. The predicted molar refractivity (Wildman–Crippen MR) is 117 cm³/mol. The third-order valence-corrected chi connectivity index (χ3v) is 5.94. The Morgan fingerprint density at radius 3 is 2.67 bits per heavy atom. The van der Waals surface area contributed by atoms with Crippen molar-refractivity contribution >= 4 is 23.7 Å². The molecule has 0 saturated carbocycles. The van der Waals surface area contributed by atoms with Gasteiger partial charge in [0.1, 0.15) is 12.4 Å². The van der Waals surface area contributed by atoms with E-state index in [0.717, 1.165) is 24.2 Å². The maximum Gasteiger partial charge on any atom is 0.329 e. The van der Waals surface area contributed by atoms with Gasteiger partial charge in [-0.1, -0.05) is 45.3 Å². The summed E-state index contributed by atoms with van der Waals surface area (Å²) in [6.45, 7) is 4.00. The van der Waals surface area contributed by atoms with Gasteiger partial charge in [0.25, 0.3) is 0 Å². The number of aliphatic hydroxyl groups excluding tert-OH is 2. The minimum Gasteiger partial charge on any atom is -0.480 e. The van der Waals surface area contributed by atoms with Gasteiger partial charge in [0.15, 0.2) is 0 Å². The maximum absolute atomic E-state index is 12.0. The molecule has 0 aliphatic heterocycles. The van der Waals surface area contributed by atoms with Crippen molar-refractivity contribution in [3.8, 4) is 0 Å². The van der Waals surface area contributed by atoms with Crippen LogP contribution in [0.25, 0.3) is 0 Å². The van der Waals surface area contributed by atoms with E-state index in [2.05, 4.69) is 6.92 Å². The number of hydrogen-bond acceptors (Lipinski definition) is 7. The molecule has 7 nitrogen and oxygen atoms in total. The van der Waals surface area contributed by atoms with Crippen molar-refractivity contribution in [3.05, 3.63) is 22.8 Å². The van der Waals surface area contributed by atoms with Gasteiger partial charge >= 0.3 is 11.9 Å². The molecule has 0 aromatic rings. The van der Waals surface area contributed by atoms with Crippen molar-refractivity contribution < 1.29 is 34.4 Å². The highest BCUT2D eigenvalue weighted by atomic mass is 32.2. The fraction of sp³-hybridized carbons (Fsp3) is 0.727. The van der Waals surface area contributed by atoms with Gasteiger partial charge < -0.3 is 24.8 Å². The summed E-state index contributed by atoms with van der Waals surface area (Å²) in [7, 11) is 0. The second-order valence-electron chi connectivity index (χ2n) is 7.41. The summed E-state index contributed by atoms with van der Waals surface area (Å²) in [4.78, 5) is 23.2. The molecule has 0 aromatic carbocycles. The molecule has 0 fully saturated rings. The Labute approximate surface area is 183 Å². The number of aliphatic carboxylic acids is 1. The lowest BCUT2D eigenvalue weighted by Crippen LogP contribution is -2.14. The van der Waals surface area contributed by atoms with Crippen molar-refractivity contribution in [1.82, 2.24) is 0 Å². The predicted octanol–water partition coefficient (Wildman–Crippen LogP) is 3.64. The van der Waals surface area contributed by atoms with Gasteiger partial charge in [-0.2, -0.15) is 0 Å². The summed E-state index contributed by atoms with van der Waals surface area (Å²) in [5, 5.41) is 29.3. The van der Waals surface area contributed by atoms with Crippen LogP contribution in [0.4, 0.5) is 0 Å². The number of aliphatic hydroxyl groups is 2. The Kier molecular flexibility index (Phi) is 13.7. The summed E-state index contributed by atoms with van der Waals surface area (Å²) in [6, 6.07) is 0. The largest absolute Gasteiger partial charge is 0.480 e. The molecule has 3 atom stereocenters. The van der Waals surface area contributed by atoms with Crippen LogP contribution in [0.1, 0.15) is 65.2 Å². The van der Waals surface area contributed by atoms with Crippen LogP contribution in [0.15, 0.2) is 22.8 Å². The molecule has 0 unspecified atom stereocenters. The molecule has 0 bridgehead atoms. The Hall–Kier alpha value is -1.35. The lowest BCUT2D eigenvalue weighted by Gasteiger charge is -2.15. The molecule has 0 radical (unpaired) electrons. The number of carboxylic acid groups (broad SMARTS) is 1. The highest BCUT2D eigenvalue weighted by molar-refractivity contribution is 8.03.